The zero-order valence-electron chi connectivity index (χ0n) is 51.7. The molecule has 1 saturated heterocycles. The Labute approximate surface area is 543 Å². The molecule has 500 valence electrons. The second kappa shape index (κ2) is 30.3. The number of carbonyl (C=O) groups is 8. The molecule has 4 aliphatic heterocycles. The van der Waals surface area contributed by atoms with E-state index in [9.17, 15) is 66.9 Å². The lowest BCUT2D eigenvalue weighted by molar-refractivity contribution is -0.145. The van der Waals surface area contributed by atoms with Crippen molar-refractivity contribution in [3.8, 4) is 51.5 Å². The lowest BCUT2D eigenvalue weighted by atomic mass is 9.89. The minimum atomic E-state index is -5.83. The smallest absolute Gasteiger partial charge is 0.490 e. The van der Waals surface area contributed by atoms with Gasteiger partial charge in [-0.2, -0.15) is 8.62 Å². The summed E-state index contributed by atoms with van der Waals surface area (Å²) in [5.74, 6) is 2.68. The Morgan fingerprint density at radius 3 is 2.28 bits per heavy atom. The van der Waals surface area contributed by atoms with E-state index in [2.05, 4.69) is 35.6 Å². The van der Waals surface area contributed by atoms with Crippen molar-refractivity contribution >= 4 is 86.9 Å². The van der Waals surface area contributed by atoms with Gasteiger partial charge in [0, 0.05) is 122 Å². The van der Waals surface area contributed by atoms with Crippen molar-refractivity contribution in [2.45, 2.75) is 89.0 Å². The minimum absolute atomic E-state index is 0.0324. The molecule has 9 rings (SSSR count). The van der Waals surface area contributed by atoms with Gasteiger partial charge in [-0.3, -0.25) is 43.0 Å². The van der Waals surface area contributed by atoms with Gasteiger partial charge in [-0.15, -0.1) is 0 Å². The molecule has 3 amide bonds. The van der Waals surface area contributed by atoms with E-state index in [1.54, 1.807) is 48.5 Å². The number of nitrogens with zero attached hydrogens (tertiary/aromatic N) is 3. The van der Waals surface area contributed by atoms with E-state index in [1.807, 2.05) is 80.1 Å². The summed E-state index contributed by atoms with van der Waals surface area (Å²) in [6, 6.07) is 27.9. The number of para-hydroxylation sites is 1. The highest BCUT2D eigenvalue weighted by atomic mass is 31.3. The molecule has 5 atom stereocenters. The zero-order valence-corrected chi connectivity index (χ0v) is 54.4. The predicted octanol–water partition coefficient (Wildman–Crippen LogP) is 7.49. The number of rotatable bonds is 28. The number of hydrogen-bond acceptors (Lipinski definition) is 19. The van der Waals surface area contributed by atoms with Gasteiger partial charge in [0.05, 0.1) is 49.3 Å². The van der Waals surface area contributed by atoms with Gasteiger partial charge in [0.2, 0.25) is 23.1 Å². The maximum Gasteiger partial charge on any atom is 0.490 e. The second-order valence-electron chi connectivity index (χ2n) is 22.6. The van der Waals surface area contributed by atoms with Crippen LogP contribution in [0.15, 0.2) is 113 Å². The van der Waals surface area contributed by atoms with Crippen LogP contribution in [0.3, 0.4) is 0 Å². The van der Waals surface area contributed by atoms with Crippen molar-refractivity contribution in [1.82, 2.24) is 20.1 Å². The first-order chi connectivity index (χ1) is 45.0. The Morgan fingerprint density at radius 1 is 0.779 bits per heavy atom. The fourth-order valence-corrected chi connectivity index (χ4v) is 13.6. The molecule has 0 bridgehead atoms. The number of nitrogens with one attached hydrogen (secondary N) is 2. The number of phosphoric ester groups is 1. The number of hydrogen-bond donors (Lipinski definition) is 7. The molecule has 5 aliphatic rings. The van der Waals surface area contributed by atoms with Crippen molar-refractivity contribution < 1.29 is 109 Å². The summed E-state index contributed by atoms with van der Waals surface area (Å²) in [7, 11) is -9.40. The molecule has 4 aromatic rings. The highest BCUT2D eigenvalue weighted by Crippen LogP contribution is 2.66. The third-order valence-electron chi connectivity index (χ3n) is 15.3. The van der Waals surface area contributed by atoms with E-state index in [4.69, 9.17) is 28.4 Å². The summed E-state index contributed by atoms with van der Waals surface area (Å²) in [6.07, 6.45) is -1.90. The number of ketones is 4. The Balaban J connectivity index is 0.700. The fourth-order valence-electron chi connectivity index (χ4n) is 10.6. The molecule has 4 heterocycles. The molecule has 28 nitrogen and oxygen atoms in total. The number of aromatic carboxylic acids is 1. The van der Waals surface area contributed by atoms with Crippen LogP contribution in [0.4, 0.5) is 5.69 Å². The average Bonchev–Trinajstić information content (AvgIpc) is 0.801. The number of carbonyl (C=O) groups excluding carboxylic acids is 7. The molecule has 4 aromatic carbocycles. The summed E-state index contributed by atoms with van der Waals surface area (Å²) < 4.78 is 72.5. The van der Waals surface area contributed by atoms with Crippen molar-refractivity contribution in [3.63, 3.8) is 0 Å². The van der Waals surface area contributed by atoms with Crippen LogP contribution in [0.1, 0.15) is 109 Å². The molecule has 1 aliphatic carbocycles. The number of fused-ring (bicyclic) bond motifs is 4. The van der Waals surface area contributed by atoms with E-state index in [1.165, 1.54) is 6.07 Å². The topological polar surface area (TPSA) is 391 Å². The number of ether oxygens (including phenoxy) is 3. The van der Waals surface area contributed by atoms with E-state index in [-0.39, 0.29) is 85.9 Å². The third kappa shape index (κ3) is 18.4. The van der Waals surface area contributed by atoms with Crippen LogP contribution in [0.2, 0.25) is 0 Å². The molecule has 31 heteroatoms. The minimum Gasteiger partial charge on any atom is -0.493 e. The van der Waals surface area contributed by atoms with Crippen molar-refractivity contribution in [2.24, 2.45) is 0 Å². The fraction of sp³-hybridized carbons (Fsp3) is 0.328. The van der Waals surface area contributed by atoms with Crippen LogP contribution in [0, 0.1) is 11.8 Å². The molecule has 5 unspecified atom stereocenters. The first-order valence-corrected chi connectivity index (χ1v) is 34.3. The van der Waals surface area contributed by atoms with Gasteiger partial charge in [0.1, 0.15) is 60.8 Å². The maximum absolute atomic E-state index is 13.5. The number of unbranched alkanes of at least 4 members (excludes halogenated alkanes) is 1. The number of anilines is 1. The van der Waals surface area contributed by atoms with Gasteiger partial charge in [-0.25, -0.2) is 23.1 Å². The van der Waals surface area contributed by atoms with E-state index in [0.717, 1.165) is 22.1 Å². The molecular formula is C64H67N5O23P3+. The van der Waals surface area contributed by atoms with Gasteiger partial charge in [0.25, 0.3) is 0 Å². The quantitative estimate of drug-likeness (QED) is 0.00475. The van der Waals surface area contributed by atoms with Crippen LogP contribution < -0.4 is 34.9 Å². The molecule has 0 aromatic heterocycles. The lowest BCUT2D eigenvalue weighted by Crippen LogP contribution is -2.41. The Hall–Kier alpha value is -8.80. The Bertz CT molecular complexity index is 4350. The standard InChI is InChI=1S/C64H66N5O23P3/c1-67(2)40-19-24-45-54(31-40)89-55-32-41(68(3)4)20-25-46(55)62(45)44-23-18-38(30-49(44)64(77)78)50(71)15-11-28-65-58(74)17-9-10-29-86-43-22-26-48-56(33-43)88-53-16-8-7-14-47(53)63(48)66-59(75)27-21-42(70)13-6-5-12-39-36-69(60(76)34-51(39)72)61-35-52(73)57(90-61)37-87-94(82,83)92-95(84,85)91-93(79,80)81/h7-8,14,16,18-20,22-26,30-33,36,57,61,63H,6,9-11,13,15,17,21,27-29,34-35,37H2,1-4H3,(H6-,65,66,74,75,77,78,79,80,81,82,83,84,85)/p+1. The summed E-state index contributed by atoms with van der Waals surface area (Å²) in [5.41, 5.74) is 4.66. The van der Waals surface area contributed by atoms with Crippen LogP contribution >= 0.6 is 23.5 Å². The number of Topliss-reactive ketones (excluding diaryl/α,β-unsaturated/α-hetero) is 4. The van der Waals surface area contributed by atoms with Crippen molar-refractivity contribution in [3.05, 3.63) is 136 Å². The first kappa shape index (κ1) is 70.5. The third-order valence-corrected chi connectivity index (χ3v) is 19.1. The molecule has 7 N–H and O–H groups in total. The summed E-state index contributed by atoms with van der Waals surface area (Å²) in [4.78, 5) is 143. The molecule has 0 saturated carbocycles. The molecule has 0 radical (unpaired) electrons. The lowest BCUT2D eigenvalue weighted by Gasteiger charge is -2.29. The number of phosphoric acid groups is 3. The van der Waals surface area contributed by atoms with Crippen LogP contribution in [0.25, 0.3) is 33.4 Å². The number of amides is 3. The molecule has 95 heavy (non-hydrogen) atoms. The Morgan fingerprint density at radius 2 is 1.54 bits per heavy atom. The SMILES string of the molecule is CN(C)c1ccc2c(-c3ccc(C(=O)CCCNC(=O)CCCCOc4ccc5c(c4)Oc4ccccc4C5NC(=O)CCC(=O)CCC#CC4=CN(C5CC(=O)C(COP(=O)(O)OP(=O)(O)OP(=O)(O)O)O5)C(=O)CC4=O)cc3C(=O)O)c3ccc(=[N+](C)C)cc-3oc2c1. The number of carboxylic acids is 1. The zero-order chi connectivity index (χ0) is 68.5. The highest BCUT2D eigenvalue weighted by molar-refractivity contribution is 7.66. The van der Waals surface area contributed by atoms with Gasteiger partial charge in [-0.05, 0) is 67.3 Å². The molecule has 0 spiro atoms. The predicted molar refractivity (Wildman–Crippen MR) is 339 cm³/mol. The Kier molecular flexibility index (Phi) is 22.5. The van der Waals surface area contributed by atoms with Gasteiger partial charge in [-0.1, -0.05) is 42.2 Å². The van der Waals surface area contributed by atoms with E-state index in [0.29, 0.717) is 81.1 Å². The maximum atomic E-state index is 13.5. The van der Waals surface area contributed by atoms with Gasteiger partial charge >= 0.3 is 29.4 Å². The van der Waals surface area contributed by atoms with Crippen LogP contribution in [-0.2, 0) is 60.3 Å². The summed E-state index contributed by atoms with van der Waals surface area (Å²) in [6.45, 7) is -0.572. The van der Waals surface area contributed by atoms with Crippen molar-refractivity contribution in [2.75, 3.05) is 52.8 Å². The monoisotopic (exact) mass is 1370 g/mol. The first-order valence-electron chi connectivity index (χ1n) is 29.7. The van der Waals surface area contributed by atoms with E-state index < -0.39 is 90.6 Å². The van der Waals surface area contributed by atoms with Crippen LogP contribution in [0.5, 0.6) is 17.2 Å². The average molecular weight is 1370 g/mol. The largest absolute Gasteiger partial charge is 0.493 e. The number of benzene rings is 5. The highest BCUT2D eigenvalue weighted by Gasteiger charge is 2.45. The number of allylic oxidation sites excluding steroid dienone is 1. The van der Waals surface area contributed by atoms with Gasteiger partial charge in [0.15, 0.2) is 17.3 Å². The summed E-state index contributed by atoms with van der Waals surface area (Å²) >= 11 is 0. The van der Waals surface area contributed by atoms with Crippen LogP contribution in [-0.4, -0.2) is 137 Å². The molecule has 1 fully saturated rings. The van der Waals surface area contributed by atoms with Crippen molar-refractivity contribution in [1.29, 1.82) is 0 Å². The van der Waals surface area contributed by atoms with Gasteiger partial charge < -0.3 is 58.8 Å². The molecular weight excluding hydrogens is 1300 g/mol. The van der Waals surface area contributed by atoms with E-state index >= 15 is 0 Å². The normalized spacial score (nSPS) is 17.3. The number of carboxylic acid groups (broad SMARTS) is 1. The second-order valence-corrected chi connectivity index (χ2v) is 27.1. The summed E-state index contributed by atoms with van der Waals surface area (Å²) in [5, 5.41) is 18.0.